The fourth-order valence-electron chi connectivity index (χ4n) is 1.26. The smallest absolute Gasteiger partial charge is 0.152 e. The van der Waals surface area contributed by atoms with E-state index in [2.05, 4.69) is 6.92 Å². The summed E-state index contributed by atoms with van der Waals surface area (Å²) in [5.74, 6) is -0.0357. The molecule has 0 aliphatic heterocycles. The van der Waals surface area contributed by atoms with Crippen molar-refractivity contribution in [3.05, 3.63) is 47.5 Å². The molecule has 0 atom stereocenters. The largest absolute Gasteiger partial charge is 0.300 e. The molecule has 15 heavy (non-hydrogen) atoms. The second-order valence-electron chi connectivity index (χ2n) is 3.41. The normalized spacial score (nSPS) is 10.5. The van der Waals surface area contributed by atoms with Crippen LogP contribution in [0.15, 0.2) is 36.4 Å². The average Bonchev–Trinajstić information content (AvgIpc) is 2.26. The van der Waals surface area contributed by atoms with Gasteiger partial charge < -0.3 is 5.41 Å². The van der Waals surface area contributed by atoms with Crippen LogP contribution in [0.4, 0.5) is 0 Å². The number of aryl methyl sites for hydroxylation is 1. The van der Waals surface area contributed by atoms with Crippen LogP contribution in [0, 0.1) is 5.41 Å². The second kappa shape index (κ2) is 5.25. The number of allylic oxidation sites excluding steroid dienone is 2. The Kier molecular flexibility index (Phi) is 3.98. The Labute approximate surface area is 90.1 Å². The highest BCUT2D eigenvalue weighted by atomic mass is 16.1. The van der Waals surface area contributed by atoms with Crippen LogP contribution in [-0.2, 0) is 11.2 Å². The summed E-state index contributed by atoms with van der Waals surface area (Å²) < 4.78 is 0. The van der Waals surface area contributed by atoms with Gasteiger partial charge in [-0.2, -0.15) is 0 Å². The Balaban J connectivity index is 2.86. The first kappa shape index (κ1) is 11.4. The summed E-state index contributed by atoms with van der Waals surface area (Å²) in [6.07, 6.45) is 3.91. The molecule has 0 bridgehead atoms. The van der Waals surface area contributed by atoms with E-state index < -0.39 is 0 Å². The van der Waals surface area contributed by atoms with Crippen molar-refractivity contribution >= 4 is 11.5 Å². The van der Waals surface area contributed by atoms with E-state index in [4.69, 9.17) is 5.41 Å². The zero-order valence-electron chi connectivity index (χ0n) is 9.08. The van der Waals surface area contributed by atoms with E-state index in [-0.39, 0.29) is 5.78 Å². The molecule has 1 aromatic carbocycles. The molecule has 0 saturated carbocycles. The Morgan fingerprint density at radius 1 is 1.40 bits per heavy atom. The monoisotopic (exact) mass is 201 g/mol. The highest BCUT2D eigenvalue weighted by molar-refractivity contribution is 6.09. The summed E-state index contributed by atoms with van der Waals surface area (Å²) >= 11 is 0. The van der Waals surface area contributed by atoms with Crippen LogP contribution < -0.4 is 0 Å². The summed E-state index contributed by atoms with van der Waals surface area (Å²) in [6.45, 7) is 3.56. The quantitative estimate of drug-likeness (QED) is 0.590. The molecule has 0 amide bonds. The third-order valence-electron chi connectivity index (χ3n) is 2.13. The Hall–Kier alpha value is -1.70. The topological polar surface area (TPSA) is 40.9 Å². The van der Waals surface area contributed by atoms with Crippen LogP contribution in [0.25, 0.3) is 0 Å². The minimum absolute atomic E-state index is 0.0357. The third kappa shape index (κ3) is 3.50. The number of nitrogens with one attached hydrogen (secondary N) is 1. The van der Waals surface area contributed by atoms with Crippen LogP contribution in [0.5, 0.6) is 0 Å². The molecule has 0 heterocycles. The van der Waals surface area contributed by atoms with Crippen molar-refractivity contribution in [2.45, 2.75) is 20.3 Å². The zero-order valence-corrected chi connectivity index (χ0v) is 9.08. The molecule has 1 N–H and O–H groups in total. The summed E-state index contributed by atoms with van der Waals surface area (Å²) in [6, 6.07) is 7.83. The summed E-state index contributed by atoms with van der Waals surface area (Å²) in [7, 11) is 0. The molecule has 0 unspecified atom stereocenters. The average molecular weight is 201 g/mol. The van der Waals surface area contributed by atoms with E-state index in [1.807, 2.05) is 24.3 Å². The number of ketones is 1. The van der Waals surface area contributed by atoms with Gasteiger partial charge in [-0.3, -0.25) is 4.79 Å². The van der Waals surface area contributed by atoms with Gasteiger partial charge in [0.1, 0.15) is 0 Å². The lowest BCUT2D eigenvalue weighted by Crippen LogP contribution is -1.96. The van der Waals surface area contributed by atoms with Crippen LogP contribution in [0.2, 0.25) is 0 Å². The van der Waals surface area contributed by atoms with Gasteiger partial charge in [0.05, 0.1) is 5.71 Å². The molecule has 2 heteroatoms. The predicted molar refractivity (Wildman–Crippen MR) is 62.5 cm³/mol. The molecular formula is C13H15NO. The lowest BCUT2D eigenvalue weighted by atomic mass is 10.0. The van der Waals surface area contributed by atoms with Crippen molar-refractivity contribution in [1.82, 2.24) is 0 Å². The second-order valence-corrected chi connectivity index (χ2v) is 3.41. The predicted octanol–water partition coefficient (Wildman–Crippen LogP) is 2.76. The molecular weight excluding hydrogens is 186 g/mol. The van der Waals surface area contributed by atoms with Gasteiger partial charge in [-0.05, 0) is 42.7 Å². The van der Waals surface area contributed by atoms with Gasteiger partial charge in [-0.25, -0.2) is 0 Å². The third-order valence-corrected chi connectivity index (χ3v) is 2.13. The first-order valence-corrected chi connectivity index (χ1v) is 5.00. The van der Waals surface area contributed by atoms with Crippen LogP contribution in [-0.4, -0.2) is 11.5 Å². The highest BCUT2D eigenvalue weighted by Crippen LogP contribution is 2.07. The van der Waals surface area contributed by atoms with E-state index in [1.54, 1.807) is 0 Å². The first-order chi connectivity index (χ1) is 7.13. The molecule has 0 saturated heterocycles. The number of carbonyl (C=O) groups excluding carboxylic acids is 1. The molecule has 0 aromatic heterocycles. The maximum absolute atomic E-state index is 10.7. The lowest BCUT2D eigenvalue weighted by molar-refractivity contribution is -0.112. The zero-order chi connectivity index (χ0) is 11.3. The number of rotatable bonds is 4. The SMILES string of the molecule is CCc1cccc(C(=N)/C=C\C(C)=O)c1. The molecule has 1 rings (SSSR count). The maximum Gasteiger partial charge on any atom is 0.152 e. The number of hydrogen-bond donors (Lipinski definition) is 1. The van der Waals surface area contributed by atoms with Gasteiger partial charge in [-0.1, -0.05) is 25.1 Å². The van der Waals surface area contributed by atoms with Gasteiger partial charge in [0.15, 0.2) is 5.78 Å². The fourth-order valence-corrected chi connectivity index (χ4v) is 1.26. The first-order valence-electron chi connectivity index (χ1n) is 5.00. The van der Waals surface area contributed by atoms with Crippen LogP contribution in [0.1, 0.15) is 25.0 Å². The number of carbonyl (C=O) groups is 1. The minimum atomic E-state index is -0.0357. The number of benzene rings is 1. The maximum atomic E-state index is 10.7. The number of hydrogen-bond acceptors (Lipinski definition) is 2. The van der Waals surface area contributed by atoms with Crippen LogP contribution >= 0.6 is 0 Å². The summed E-state index contributed by atoms with van der Waals surface area (Å²) in [5.41, 5.74) is 2.43. The van der Waals surface area contributed by atoms with Gasteiger partial charge in [0, 0.05) is 0 Å². The fraction of sp³-hybridized carbons (Fsp3) is 0.231. The molecule has 0 spiro atoms. The molecule has 2 nitrogen and oxygen atoms in total. The van der Waals surface area contributed by atoms with E-state index in [1.165, 1.54) is 24.6 Å². The molecule has 78 valence electrons. The van der Waals surface area contributed by atoms with E-state index in [0.29, 0.717) is 5.71 Å². The van der Waals surface area contributed by atoms with Crippen molar-refractivity contribution in [2.75, 3.05) is 0 Å². The van der Waals surface area contributed by atoms with Gasteiger partial charge in [-0.15, -0.1) is 0 Å². The Morgan fingerprint density at radius 3 is 2.73 bits per heavy atom. The molecule has 0 aliphatic rings. The van der Waals surface area contributed by atoms with Gasteiger partial charge >= 0.3 is 0 Å². The van der Waals surface area contributed by atoms with Gasteiger partial charge in [0.25, 0.3) is 0 Å². The van der Waals surface area contributed by atoms with E-state index in [9.17, 15) is 4.79 Å². The summed E-state index contributed by atoms with van der Waals surface area (Å²) in [4.78, 5) is 10.7. The molecule has 0 radical (unpaired) electrons. The van der Waals surface area contributed by atoms with Crippen molar-refractivity contribution in [3.8, 4) is 0 Å². The highest BCUT2D eigenvalue weighted by Gasteiger charge is 1.98. The Morgan fingerprint density at radius 2 is 2.13 bits per heavy atom. The van der Waals surface area contributed by atoms with Crippen molar-refractivity contribution in [2.24, 2.45) is 0 Å². The van der Waals surface area contributed by atoms with E-state index >= 15 is 0 Å². The minimum Gasteiger partial charge on any atom is -0.300 e. The van der Waals surface area contributed by atoms with Gasteiger partial charge in [0.2, 0.25) is 0 Å². The molecule has 1 aromatic rings. The van der Waals surface area contributed by atoms with E-state index in [0.717, 1.165) is 12.0 Å². The van der Waals surface area contributed by atoms with Crippen molar-refractivity contribution in [3.63, 3.8) is 0 Å². The molecule has 0 aliphatic carbocycles. The van der Waals surface area contributed by atoms with Crippen molar-refractivity contribution in [1.29, 1.82) is 5.41 Å². The lowest BCUT2D eigenvalue weighted by Gasteiger charge is -2.01. The Bertz CT molecular complexity index is 405. The standard InChI is InChI=1S/C13H15NO/c1-3-11-5-4-6-12(9-11)13(14)8-7-10(2)15/h4-9,14H,3H2,1-2H3/b8-7-,14-13?. The van der Waals surface area contributed by atoms with Crippen molar-refractivity contribution < 1.29 is 4.79 Å². The summed E-state index contributed by atoms with van der Waals surface area (Å²) in [5, 5.41) is 7.76. The van der Waals surface area contributed by atoms with Crippen LogP contribution in [0.3, 0.4) is 0 Å². The molecule has 0 fully saturated rings.